The largest absolute Gasteiger partial charge is 0.398 e. The molecule has 0 radical (unpaired) electrons. The Labute approximate surface area is 118 Å². The number of hydrogen-bond acceptors (Lipinski definition) is 4. The van der Waals surface area contributed by atoms with Crippen molar-refractivity contribution >= 4 is 21.4 Å². The van der Waals surface area contributed by atoms with Gasteiger partial charge in [-0.1, -0.05) is 18.1 Å². The van der Waals surface area contributed by atoms with E-state index < -0.39 is 9.84 Å². The Kier molecular flexibility index (Phi) is 4.00. The van der Waals surface area contributed by atoms with Crippen molar-refractivity contribution in [2.75, 3.05) is 23.8 Å². The Morgan fingerprint density at radius 1 is 1.45 bits per heavy atom. The highest BCUT2D eigenvalue weighted by Crippen LogP contribution is 2.21. The van der Waals surface area contributed by atoms with Crippen molar-refractivity contribution in [2.45, 2.75) is 12.5 Å². The molecular formula is C14H16N2O3S. The summed E-state index contributed by atoms with van der Waals surface area (Å²) in [5.74, 6) is 2.15. The number of anilines is 1. The highest BCUT2D eigenvalue weighted by atomic mass is 32.2. The molecule has 2 N–H and O–H groups in total. The zero-order valence-corrected chi connectivity index (χ0v) is 11.8. The molecule has 1 aromatic rings. The molecule has 1 unspecified atom stereocenters. The number of hydrogen-bond donors (Lipinski definition) is 1. The van der Waals surface area contributed by atoms with Crippen molar-refractivity contribution < 1.29 is 13.2 Å². The van der Waals surface area contributed by atoms with E-state index in [1.165, 1.54) is 4.90 Å². The van der Waals surface area contributed by atoms with Gasteiger partial charge in [-0.3, -0.25) is 4.79 Å². The van der Waals surface area contributed by atoms with Crippen molar-refractivity contribution in [1.29, 1.82) is 0 Å². The molecule has 1 amide bonds. The Morgan fingerprint density at radius 2 is 2.15 bits per heavy atom. The van der Waals surface area contributed by atoms with E-state index in [4.69, 9.17) is 12.2 Å². The first-order valence-electron chi connectivity index (χ1n) is 6.24. The van der Waals surface area contributed by atoms with E-state index in [2.05, 4.69) is 5.92 Å². The molecule has 6 heteroatoms. The summed E-state index contributed by atoms with van der Waals surface area (Å²) < 4.78 is 23.1. The minimum Gasteiger partial charge on any atom is -0.398 e. The van der Waals surface area contributed by atoms with E-state index in [0.717, 1.165) is 0 Å². The summed E-state index contributed by atoms with van der Waals surface area (Å²) in [6.45, 7) is 0.0767. The highest BCUT2D eigenvalue weighted by molar-refractivity contribution is 7.91. The van der Waals surface area contributed by atoms with Gasteiger partial charge in [0.2, 0.25) is 0 Å². The molecule has 1 aromatic carbocycles. The Balaban J connectivity index is 2.28. The quantitative estimate of drug-likeness (QED) is 0.651. The molecule has 20 heavy (non-hydrogen) atoms. The van der Waals surface area contributed by atoms with Gasteiger partial charge in [-0.15, -0.1) is 6.42 Å². The van der Waals surface area contributed by atoms with Gasteiger partial charge in [-0.05, 0) is 18.6 Å². The zero-order chi connectivity index (χ0) is 14.8. The lowest BCUT2D eigenvalue weighted by Gasteiger charge is -2.26. The Morgan fingerprint density at radius 3 is 2.70 bits per heavy atom. The Bertz CT molecular complexity index is 661. The summed E-state index contributed by atoms with van der Waals surface area (Å²) in [5.41, 5.74) is 6.51. The summed E-state index contributed by atoms with van der Waals surface area (Å²) in [6.07, 6.45) is 5.71. The number of para-hydroxylation sites is 1. The molecule has 0 spiro atoms. The molecule has 1 heterocycles. The second kappa shape index (κ2) is 5.55. The summed E-state index contributed by atoms with van der Waals surface area (Å²) in [5, 5.41) is 0. The number of carbonyl (C=O) groups is 1. The van der Waals surface area contributed by atoms with E-state index in [9.17, 15) is 13.2 Å². The number of nitrogens with two attached hydrogens (primary N) is 1. The molecule has 0 bridgehead atoms. The van der Waals surface area contributed by atoms with Gasteiger partial charge in [-0.25, -0.2) is 8.42 Å². The normalized spacial score (nSPS) is 20.2. The Hall–Kier alpha value is -2.00. The van der Waals surface area contributed by atoms with Gasteiger partial charge < -0.3 is 10.6 Å². The lowest BCUT2D eigenvalue weighted by Crippen LogP contribution is -2.41. The maximum Gasteiger partial charge on any atom is 0.257 e. The minimum atomic E-state index is -3.08. The SMILES string of the molecule is C#CCN(C(=O)c1ccccc1N)C1CCS(=O)(=O)C1. The molecule has 0 saturated carbocycles. The van der Waals surface area contributed by atoms with Crippen LogP contribution < -0.4 is 5.73 Å². The maximum absolute atomic E-state index is 12.5. The lowest BCUT2D eigenvalue weighted by atomic mass is 10.1. The summed E-state index contributed by atoms with van der Waals surface area (Å²) in [7, 11) is -3.08. The summed E-state index contributed by atoms with van der Waals surface area (Å²) in [4.78, 5) is 13.9. The van der Waals surface area contributed by atoms with E-state index in [-0.39, 0.29) is 30.0 Å². The fraction of sp³-hybridized carbons (Fsp3) is 0.357. The third-order valence-corrected chi connectivity index (χ3v) is 5.11. The predicted octanol–water partition coefficient (Wildman–Crippen LogP) is 0.531. The number of nitrogen functional groups attached to an aromatic ring is 1. The molecule has 106 valence electrons. The van der Waals surface area contributed by atoms with E-state index >= 15 is 0 Å². The van der Waals surface area contributed by atoms with Crippen molar-refractivity contribution in [3.63, 3.8) is 0 Å². The average Bonchev–Trinajstić information content (AvgIpc) is 2.76. The van der Waals surface area contributed by atoms with Crippen LogP contribution in [0.1, 0.15) is 16.8 Å². The van der Waals surface area contributed by atoms with Gasteiger partial charge in [0, 0.05) is 11.7 Å². The van der Waals surface area contributed by atoms with Crippen LogP contribution in [0.3, 0.4) is 0 Å². The lowest BCUT2D eigenvalue weighted by molar-refractivity contribution is 0.0725. The molecule has 1 saturated heterocycles. The number of nitrogens with zero attached hydrogens (tertiary/aromatic N) is 1. The fourth-order valence-corrected chi connectivity index (χ4v) is 4.06. The summed E-state index contributed by atoms with van der Waals surface area (Å²) >= 11 is 0. The van der Waals surface area contributed by atoms with Crippen molar-refractivity contribution in [3.05, 3.63) is 29.8 Å². The number of benzene rings is 1. The van der Waals surface area contributed by atoms with Gasteiger partial charge in [-0.2, -0.15) is 0 Å². The van der Waals surface area contributed by atoms with Gasteiger partial charge >= 0.3 is 0 Å². The maximum atomic E-state index is 12.5. The van der Waals surface area contributed by atoms with Crippen molar-refractivity contribution in [3.8, 4) is 12.3 Å². The van der Waals surface area contributed by atoms with Crippen LogP contribution in [0, 0.1) is 12.3 Å². The van der Waals surface area contributed by atoms with Crippen molar-refractivity contribution in [1.82, 2.24) is 4.90 Å². The van der Waals surface area contributed by atoms with Crippen LogP contribution in [0.2, 0.25) is 0 Å². The van der Waals surface area contributed by atoms with E-state index in [0.29, 0.717) is 17.7 Å². The molecule has 2 rings (SSSR count). The van der Waals surface area contributed by atoms with Crippen LogP contribution >= 0.6 is 0 Å². The average molecular weight is 292 g/mol. The molecular weight excluding hydrogens is 276 g/mol. The van der Waals surface area contributed by atoms with Gasteiger partial charge in [0.1, 0.15) is 0 Å². The standard InChI is InChI=1S/C14H16N2O3S/c1-2-8-16(11-7-9-20(18,19)10-11)14(17)12-5-3-4-6-13(12)15/h1,3-6,11H,7-10,15H2. The number of amides is 1. The molecule has 0 aromatic heterocycles. The molecule has 1 aliphatic rings. The molecule has 1 aliphatic heterocycles. The van der Waals surface area contributed by atoms with Crippen LogP contribution in [0.15, 0.2) is 24.3 Å². The first-order chi connectivity index (χ1) is 9.44. The van der Waals surface area contributed by atoms with Crippen LogP contribution in [-0.2, 0) is 9.84 Å². The molecule has 1 fully saturated rings. The van der Waals surface area contributed by atoms with Crippen molar-refractivity contribution in [2.24, 2.45) is 0 Å². The van der Waals surface area contributed by atoms with Crippen LogP contribution in [0.4, 0.5) is 5.69 Å². The number of terminal acetylenes is 1. The summed E-state index contributed by atoms with van der Waals surface area (Å²) in [6, 6.07) is 6.32. The van der Waals surface area contributed by atoms with Gasteiger partial charge in [0.25, 0.3) is 5.91 Å². The predicted molar refractivity (Wildman–Crippen MR) is 77.8 cm³/mol. The third-order valence-electron chi connectivity index (χ3n) is 3.36. The number of sulfone groups is 1. The monoisotopic (exact) mass is 292 g/mol. The molecule has 5 nitrogen and oxygen atoms in total. The zero-order valence-electron chi connectivity index (χ0n) is 11.0. The number of carbonyl (C=O) groups excluding carboxylic acids is 1. The number of rotatable bonds is 3. The van der Waals surface area contributed by atoms with Crippen LogP contribution in [0.5, 0.6) is 0 Å². The first-order valence-corrected chi connectivity index (χ1v) is 8.06. The van der Waals surface area contributed by atoms with Gasteiger partial charge in [0.15, 0.2) is 9.84 Å². The van der Waals surface area contributed by atoms with Crippen LogP contribution in [0.25, 0.3) is 0 Å². The highest BCUT2D eigenvalue weighted by Gasteiger charge is 2.34. The topological polar surface area (TPSA) is 80.5 Å². The van der Waals surface area contributed by atoms with E-state index in [1.54, 1.807) is 24.3 Å². The molecule has 0 aliphatic carbocycles. The van der Waals surface area contributed by atoms with Gasteiger partial charge in [0.05, 0.1) is 23.6 Å². The minimum absolute atomic E-state index is 0.0346. The first kappa shape index (κ1) is 14.4. The third kappa shape index (κ3) is 2.94. The van der Waals surface area contributed by atoms with Crippen LogP contribution in [-0.4, -0.2) is 43.3 Å². The second-order valence-electron chi connectivity index (χ2n) is 4.78. The van der Waals surface area contributed by atoms with E-state index in [1.807, 2.05) is 0 Å². The second-order valence-corrected chi connectivity index (χ2v) is 7.01. The fourth-order valence-electron chi connectivity index (χ4n) is 2.33. The smallest absolute Gasteiger partial charge is 0.257 e. The molecule has 1 atom stereocenters.